The quantitative estimate of drug-likeness (QED) is 0.463. The summed E-state index contributed by atoms with van der Waals surface area (Å²) >= 11 is 0. The first-order chi connectivity index (χ1) is 14.5. The van der Waals surface area contributed by atoms with E-state index in [1.807, 2.05) is 36.6 Å². The second kappa shape index (κ2) is 6.81. The number of fused-ring (bicyclic) bond motifs is 5. The SMILES string of the molecule is Cc1ccc(OCc2nnn3c2Cc2c(C#N)ncn2-c2ccc(C)cc2-3)c(F)c1. The van der Waals surface area contributed by atoms with Crippen LogP contribution in [0.2, 0.25) is 0 Å². The maximum atomic E-state index is 14.2. The summed E-state index contributed by atoms with van der Waals surface area (Å²) < 4.78 is 23.5. The van der Waals surface area contributed by atoms with Gasteiger partial charge in [-0.05, 0) is 49.2 Å². The number of halogens is 1. The van der Waals surface area contributed by atoms with Crippen LogP contribution >= 0.6 is 0 Å². The Morgan fingerprint density at radius 2 is 1.90 bits per heavy atom. The minimum atomic E-state index is -0.418. The average Bonchev–Trinajstić information content (AvgIpc) is 3.28. The van der Waals surface area contributed by atoms with Gasteiger partial charge in [-0.3, -0.25) is 4.57 Å². The summed E-state index contributed by atoms with van der Waals surface area (Å²) in [4.78, 5) is 4.25. The molecule has 3 heterocycles. The van der Waals surface area contributed by atoms with Gasteiger partial charge in [0.05, 0.1) is 22.8 Å². The van der Waals surface area contributed by atoms with Gasteiger partial charge in [-0.15, -0.1) is 5.10 Å². The van der Waals surface area contributed by atoms with Crippen LogP contribution in [-0.4, -0.2) is 24.5 Å². The monoisotopic (exact) mass is 400 g/mol. The molecule has 0 atom stereocenters. The Balaban J connectivity index is 1.60. The molecule has 7 nitrogen and oxygen atoms in total. The van der Waals surface area contributed by atoms with Crippen LogP contribution in [-0.2, 0) is 13.0 Å². The fourth-order valence-corrected chi connectivity index (χ4v) is 3.69. The number of imidazole rings is 1. The fourth-order valence-electron chi connectivity index (χ4n) is 3.69. The second-order valence-electron chi connectivity index (χ2n) is 7.31. The van der Waals surface area contributed by atoms with E-state index in [2.05, 4.69) is 21.4 Å². The number of ether oxygens (including phenoxy) is 1. The van der Waals surface area contributed by atoms with E-state index in [-0.39, 0.29) is 12.4 Å². The van der Waals surface area contributed by atoms with Crippen molar-refractivity contribution in [2.45, 2.75) is 26.9 Å². The summed E-state index contributed by atoms with van der Waals surface area (Å²) in [6.45, 7) is 3.88. The van der Waals surface area contributed by atoms with E-state index in [0.29, 0.717) is 17.8 Å². The second-order valence-corrected chi connectivity index (χ2v) is 7.31. The molecule has 30 heavy (non-hydrogen) atoms. The van der Waals surface area contributed by atoms with Gasteiger partial charge in [-0.1, -0.05) is 17.3 Å². The number of aromatic nitrogens is 5. The highest BCUT2D eigenvalue weighted by atomic mass is 19.1. The number of rotatable bonds is 3. The van der Waals surface area contributed by atoms with Gasteiger partial charge in [0.15, 0.2) is 17.3 Å². The predicted molar refractivity (Wildman–Crippen MR) is 106 cm³/mol. The van der Waals surface area contributed by atoms with E-state index in [0.717, 1.165) is 33.9 Å². The van der Waals surface area contributed by atoms with E-state index in [1.54, 1.807) is 23.1 Å². The summed E-state index contributed by atoms with van der Waals surface area (Å²) in [5.41, 5.74) is 6.07. The molecule has 148 valence electrons. The maximum absolute atomic E-state index is 14.2. The number of aryl methyl sites for hydroxylation is 2. The number of hydrogen-bond donors (Lipinski definition) is 0. The smallest absolute Gasteiger partial charge is 0.165 e. The van der Waals surface area contributed by atoms with Crippen LogP contribution in [0.15, 0.2) is 42.7 Å². The summed E-state index contributed by atoms with van der Waals surface area (Å²) in [5.74, 6) is -0.256. The molecule has 0 amide bonds. The highest BCUT2D eigenvalue weighted by Gasteiger charge is 2.26. The van der Waals surface area contributed by atoms with E-state index < -0.39 is 5.82 Å². The van der Waals surface area contributed by atoms with Gasteiger partial charge in [0.2, 0.25) is 0 Å². The molecule has 0 spiro atoms. The Kier molecular flexibility index (Phi) is 4.10. The summed E-state index contributed by atoms with van der Waals surface area (Å²) in [6, 6.07) is 13.0. The molecule has 0 fully saturated rings. The van der Waals surface area contributed by atoms with Crippen LogP contribution in [0.3, 0.4) is 0 Å². The minimum absolute atomic E-state index is 0.0620. The van der Waals surface area contributed by atoms with E-state index >= 15 is 0 Å². The third-order valence-corrected chi connectivity index (χ3v) is 5.22. The first kappa shape index (κ1) is 18.1. The van der Waals surface area contributed by atoms with Gasteiger partial charge in [-0.2, -0.15) is 5.26 Å². The summed E-state index contributed by atoms with van der Waals surface area (Å²) in [6.07, 6.45) is 2.05. The van der Waals surface area contributed by atoms with Gasteiger partial charge >= 0.3 is 0 Å². The van der Waals surface area contributed by atoms with Gasteiger partial charge < -0.3 is 4.74 Å². The van der Waals surface area contributed by atoms with Crippen molar-refractivity contribution >= 4 is 0 Å². The number of nitriles is 1. The normalized spacial score (nSPS) is 11.8. The maximum Gasteiger partial charge on any atom is 0.165 e. The molecular formula is C22H17FN6O. The van der Waals surface area contributed by atoms with Crippen LogP contribution in [0.5, 0.6) is 5.75 Å². The Hall–Kier alpha value is -3.99. The van der Waals surface area contributed by atoms with Crippen molar-refractivity contribution < 1.29 is 9.13 Å². The molecule has 0 unspecified atom stereocenters. The topological polar surface area (TPSA) is 81.6 Å². The molecule has 1 aliphatic rings. The predicted octanol–water partition coefficient (Wildman–Crippen LogP) is 3.56. The molecule has 4 aromatic rings. The van der Waals surface area contributed by atoms with Crippen molar-refractivity contribution in [3.63, 3.8) is 0 Å². The third-order valence-electron chi connectivity index (χ3n) is 5.22. The van der Waals surface area contributed by atoms with Crippen molar-refractivity contribution in [3.8, 4) is 23.2 Å². The molecule has 2 aromatic heterocycles. The van der Waals surface area contributed by atoms with Crippen LogP contribution < -0.4 is 4.74 Å². The zero-order valence-electron chi connectivity index (χ0n) is 16.4. The average molecular weight is 400 g/mol. The fraction of sp³-hybridized carbons (Fsp3) is 0.182. The molecule has 0 saturated carbocycles. The number of hydrogen-bond acceptors (Lipinski definition) is 5. The van der Waals surface area contributed by atoms with Gasteiger partial charge in [0, 0.05) is 6.42 Å². The van der Waals surface area contributed by atoms with Crippen molar-refractivity contribution in [2.75, 3.05) is 0 Å². The molecule has 0 radical (unpaired) electrons. The lowest BCUT2D eigenvalue weighted by atomic mass is 10.1. The van der Waals surface area contributed by atoms with Crippen LogP contribution in [0, 0.1) is 31.0 Å². The van der Waals surface area contributed by atoms with Crippen molar-refractivity contribution in [1.29, 1.82) is 5.26 Å². The minimum Gasteiger partial charge on any atom is -0.484 e. The Bertz CT molecular complexity index is 1330. The lowest BCUT2D eigenvalue weighted by molar-refractivity contribution is 0.284. The Labute approximate surface area is 172 Å². The van der Waals surface area contributed by atoms with Crippen LogP contribution in [0.1, 0.15) is 33.9 Å². The largest absolute Gasteiger partial charge is 0.484 e. The Morgan fingerprint density at radius 1 is 1.10 bits per heavy atom. The highest BCUT2D eigenvalue weighted by Crippen LogP contribution is 2.31. The molecule has 2 aromatic carbocycles. The standard InChI is InChI=1S/C22H17FN6O/c1-13-4-6-22(15(23)7-13)30-11-17-20-9-19-16(10-24)25-12-28(19)18-5-3-14(2)8-21(18)29(20)27-26-17/h3-8,12H,9,11H2,1-2H3. The molecule has 0 bridgehead atoms. The molecule has 1 aliphatic heterocycles. The summed E-state index contributed by atoms with van der Waals surface area (Å²) in [7, 11) is 0. The Morgan fingerprint density at radius 3 is 2.70 bits per heavy atom. The van der Waals surface area contributed by atoms with E-state index in [1.165, 1.54) is 6.07 Å². The number of nitrogens with zero attached hydrogens (tertiary/aromatic N) is 6. The first-order valence-corrected chi connectivity index (χ1v) is 9.45. The molecular weight excluding hydrogens is 383 g/mol. The third kappa shape index (κ3) is 2.83. The molecule has 0 saturated heterocycles. The van der Waals surface area contributed by atoms with Gasteiger partial charge in [-0.25, -0.2) is 14.1 Å². The first-order valence-electron chi connectivity index (χ1n) is 9.45. The van der Waals surface area contributed by atoms with Crippen molar-refractivity contribution in [2.24, 2.45) is 0 Å². The molecule has 8 heteroatoms. The molecule has 5 rings (SSSR count). The lowest BCUT2D eigenvalue weighted by Crippen LogP contribution is -2.06. The zero-order chi connectivity index (χ0) is 20.8. The lowest BCUT2D eigenvalue weighted by Gasteiger charge is -2.10. The summed E-state index contributed by atoms with van der Waals surface area (Å²) in [5, 5.41) is 18.1. The van der Waals surface area contributed by atoms with Crippen LogP contribution in [0.25, 0.3) is 11.4 Å². The van der Waals surface area contributed by atoms with Gasteiger partial charge in [0.1, 0.15) is 24.7 Å². The molecule has 0 aliphatic carbocycles. The highest BCUT2D eigenvalue weighted by molar-refractivity contribution is 5.58. The van der Waals surface area contributed by atoms with E-state index in [9.17, 15) is 9.65 Å². The van der Waals surface area contributed by atoms with Crippen molar-refractivity contribution in [3.05, 3.63) is 82.4 Å². The number of benzene rings is 2. The molecule has 0 N–H and O–H groups in total. The van der Waals surface area contributed by atoms with Gasteiger partial charge in [0.25, 0.3) is 0 Å². The van der Waals surface area contributed by atoms with E-state index in [4.69, 9.17) is 4.74 Å². The van der Waals surface area contributed by atoms with Crippen LogP contribution in [0.4, 0.5) is 4.39 Å². The van der Waals surface area contributed by atoms with Crippen molar-refractivity contribution in [1.82, 2.24) is 24.5 Å². The zero-order valence-corrected chi connectivity index (χ0v) is 16.4.